The minimum Gasteiger partial charge on any atom is -0.497 e. The maximum Gasteiger partial charge on any atom is 0.233 e. The lowest BCUT2D eigenvalue weighted by Crippen LogP contribution is -2.22. The van der Waals surface area contributed by atoms with Crippen molar-refractivity contribution in [3.8, 4) is 11.5 Å². The van der Waals surface area contributed by atoms with Crippen LogP contribution in [0.15, 0.2) is 48.5 Å². The number of anilines is 2. The highest BCUT2D eigenvalue weighted by atomic mass is 16.5. The molecule has 2 amide bonds. The molecule has 0 aliphatic carbocycles. The van der Waals surface area contributed by atoms with E-state index in [2.05, 4.69) is 10.6 Å². The van der Waals surface area contributed by atoms with Gasteiger partial charge in [-0.3, -0.25) is 9.59 Å². The van der Waals surface area contributed by atoms with Crippen LogP contribution in [0.25, 0.3) is 0 Å². The fourth-order valence-corrected chi connectivity index (χ4v) is 2.15. The molecule has 6 heteroatoms. The van der Waals surface area contributed by atoms with Crippen molar-refractivity contribution in [2.24, 2.45) is 0 Å². The fourth-order valence-electron chi connectivity index (χ4n) is 2.15. The van der Waals surface area contributed by atoms with Crippen molar-refractivity contribution in [3.63, 3.8) is 0 Å². The first-order valence-electron chi connectivity index (χ1n) is 7.97. The van der Waals surface area contributed by atoms with Crippen LogP contribution >= 0.6 is 0 Å². The molecule has 0 atom stereocenters. The van der Waals surface area contributed by atoms with Crippen LogP contribution in [0.2, 0.25) is 0 Å². The van der Waals surface area contributed by atoms with Crippen molar-refractivity contribution in [2.45, 2.75) is 26.4 Å². The first kappa shape index (κ1) is 18.3. The largest absolute Gasteiger partial charge is 0.497 e. The summed E-state index contributed by atoms with van der Waals surface area (Å²) in [6.07, 6.45) is -0.307. The van der Waals surface area contributed by atoms with Crippen molar-refractivity contribution in [1.82, 2.24) is 0 Å². The Kier molecular flexibility index (Phi) is 6.39. The highest BCUT2D eigenvalue weighted by molar-refractivity contribution is 6.08. The van der Waals surface area contributed by atoms with Crippen molar-refractivity contribution in [2.75, 3.05) is 17.7 Å². The number of amides is 2. The van der Waals surface area contributed by atoms with Gasteiger partial charge in [0.2, 0.25) is 11.8 Å². The third kappa shape index (κ3) is 5.84. The molecule has 2 rings (SSSR count). The van der Waals surface area contributed by atoms with E-state index < -0.39 is 11.8 Å². The molecular weight excluding hydrogens is 320 g/mol. The number of ether oxygens (including phenoxy) is 2. The number of hydrogen-bond acceptors (Lipinski definition) is 4. The van der Waals surface area contributed by atoms with E-state index in [9.17, 15) is 9.59 Å². The summed E-state index contributed by atoms with van der Waals surface area (Å²) in [6, 6.07) is 14.0. The van der Waals surface area contributed by atoms with Gasteiger partial charge in [-0.2, -0.15) is 0 Å². The van der Waals surface area contributed by atoms with Gasteiger partial charge in [-0.25, -0.2) is 0 Å². The minimum atomic E-state index is -0.411. The van der Waals surface area contributed by atoms with Gasteiger partial charge in [0.15, 0.2) is 0 Å². The molecular formula is C19H22N2O4. The number of rotatable bonds is 7. The highest BCUT2D eigenvalue weighted by Gasteiger charge is 2.13. The summed E-state index contributed by atoms with van der Waals surface area (Å²) in [5.41, 5.74) is 1.14. The standard InChI is InChI=1S/C19H22N2O4/c1-13(2)25-17-7-5-4-6-16(17)21-19(23)12-18(22)20-14-8-10-15(24-3)11-9-14/h4-11,13H,12H2,1-3H3,(H,20,22)(H,21,23). The van der Waals surface area contributed by atoms with Crippen LogP contribution in [0.3, 0.4) is 0 Å². The predicted molar refractivity (Wildman–Crippen MR) is 97.1 cm³/mol. The van der Waals surface area contributed by atoms with Gasteiger partial charge in [0.1, 0.15) is 17.9 Å². The van der Waals surface area contributed by atoms with Crippen LogP contribution in [-0.2, 0) is 9.59 Å². The Balaban J connectivity index is 1.92. The molecule has 0 heterocycles. The second-order valence-corrected chi connectivity index (χ2v) is 5.66. The van der Waals surface area contributed by atoms with E-state index in [0.717, 1.165) is 0 Å². The Labute approximate surface area is 147 Å². The Morgan fingerprint density at radius 3 is 2.24 bits per heavy atom. The van der Waals surface area contributed by atoms with Gasteiger partial charge >= 0.3 is 0 Å². The SMILES string of the molecule is COc1ccc(NC(=O)CC(=O)Nc2ccccc2OC(C)C)cc1. The first-order chi connectivity index (χ1) is 12.0. The van der Waals surface area contributed by atoms with Crippen molar-refractivity contribution in [3.05, 3.63) is 48.5 Å². The van der Waals surface area contributed by atoms with Crippen molar-refractivity contribution in [1.29, 1.82) is 0 Å². The van der Waals surface area contributed by atoms with E-state index in [4.69, 9.17) is 9.47 Å². The Morgan fingerprint density at radius 1 is 0.960 bits per heavy atom. The molecule has 0 bridgehead atoms. The first-order valence-corrected chi connectivity index (χ1v) is 7.97. The normalized spacial score (nSPS) is 10.2. The van der Waals surface area contributed by atoms with E-state index in [-0.39, 0.29) is 12.5 Å². The molecule has 132 valence electrons. The maximum absolute atomic E-state index is 12.1. The molecule has 2 N–H and O–H groups in total. The summed E-state index contributed by atoms with van der Waals surface area (Å²) >= 11 is 0. The Hall–Kier alpha value is -3.02. The third-order valence-electron chi connectivity index (χ3n) is 3.22. The number of carbonyl (C=O) groups is 2. The average molecular weight is 342 g/mol. The minimum absolute atomic E-state index is 0.0172. The molecule has 2 aromatic rings. The van der Waals surface area contributed by atoms with Gasteiger partial charge in [0, 0.05) is 5.69 Å². The number of methoxy groups -OCH3 is 1. The second kappa shape index (κ2) is 8.73. The number of para-hydroxylation sites is 2. The quantitative estimate of drug-likeness (QED) is 0.756. The molecule has 0 saturated heterocycles. The lowest BCUT2D eigenvalue weighted by Gasteiger charge is -2.14. The zero-order chi connectivity index (χ0) is 18.2. The zero-order valence-electron chi connectivity index (χ0n) is 14.5. The Bertz CT molecular complexity index is 726. The number of nitrogens with one attached hydrogen (secondary N) is 2. The van der Waals surface area contributed by atoms with Crippen LogP contribution in [0.1, 0.15) is 20.3 Å². The highest BCUT2D eigenvalue weighted by Crippen LogP contribution is 2.25. The van der Waals surface area contributed by atoms with Gasteiger partial charge in [-0.15, -0.1) is 0 Å². The Morgan fingerprint density at radius 2 is 1.60 bits per heavy atom. The molecule has 0 aliphatic heterocycles. The lowest BCUT2D eigenvalue weighted by molar-refractivity contribution is -0.123. The van der Waals surface area contributed by atoms with E-state index >= 15 is 0 Å². The lowest BCUT2D eigenvalue weighted by atomic mass is 10.2. The van der Waals surface area contributed by atoms with E-state index in [1.807, 2.05) is 19.9 Å². The predicted octanol–water partition coefficient (Wildman–Crippen LogP) is 3.45. The van der Waals surface area contributed by atoms with Gasteiger partial charge in [-0.05, 0) is 50.2 Å². The van der Waals surface area contributed by atoms with E-state index in [0.29, 0.717) is 22.9 Å². The number of carbonyl (C=O) groups excluding carboxylic acids is 2. The summed E-state index contributed by atoms with van der Waals surface area (Å²) in [7, 11) is 1.57. The maximum atomic E-state index is 12.1. The monoisotopic (exact) mass is 342 g/mol. The molecule has 6 nitrogen and oxygen atoms in total. The summed E-state index contributed by atoms with van der Waals surface area (Å²) in [4.78, 5) is 24.1. The molecule has 0 aliphatic rings. The topological polar surface area (TPSA) is 76.7 Å². The number of benzene rings is 2. The molecule has 0 fully saturated rings. The zero-order valence-corrected chi connectivity index (χ0v) is 14.5. The average Bonchev–Trinajstić information content (AvgIpc) is 2.56. The smallest absolute Gasteiger partial charge is 0.233 e. The van der Waals surface area contributed by atoms with E-state index in [1.165, 1.54) is 0 Å². The summed E-state index contributed by atoms with van der Waals surface area (Å²) in [5.74, 6) is 0.453. The summed E-state index contributed by atoms with van der Waals surface area (Å²) < 4.78 is 10.7. The summed E-state index contributed by atoms with van der Waals surface area (Å²) in [6.45, 7) is 3.81. The van der Waals surface area contributed by atoms with E-state index in [1.54, 1.807) is 49.6 Å². The summed E-state index contributed by atoms with van der Waals surface area (Å²) in [5, 5.41) is 5.38. The molecule has 25 heavy (non-hydrogen) atoms. The van der Waals surface area contributed by atoms with Crippen molar-refractivity contribution >= 4 is 23.2 Å². The van der Waals surface area contributed by atoms with Crippen LogP contribution in [0.5, 0.6) is 11.5 Å². The van der Waals surface area contributed by atoms with Crippen LogP contribution in [0, 0.1) is 0 Å². The van der Waals surface area contributed by atoms with Crippen LogP contribution in [0.4, 0.5) is 11.4 Å². The van der Waals surface area contributed by atoms with Crippen LogP contribution in [-0.4, -0.2) is 25.0 Å². The van der Waals surface area contributed by atoms with Gasteiger partial charge < -0.3 is 20.1 Å². The van der Waals surface area contributed by atoms with Gasteiger partial charge in [0.05, 0.1) is 18.9 Å². The molecule has 0 radical (unpaired) electrons. The van der Waals surface area contributed by atoms with Crippen LogP contribution < -0.4 is 20.1 Å². The molecule has 0 saturated carbocycles. The van der Waals surface area contributed by atoms with Crippen molar-refractivity contribution < 1.29 is 19.1 Å². The number of hydrogen-bond donors (Lipinski definition) is 2. The van der Waals surface area contributed by atoms with Gasteiger partial charge in [0.25, 0.3) is 0 Å². The van der Waals surface area contributed by atoms with Gasteiger partial charge in [-0.1, -0.05) is 12.1 Å². The molecule has 2 aromatic carbocycles. The molecule has 0 aromatic heterocycles. The molecule has 0 spiro atoms. The third-order valence-corrected chi connectivity index (χ3v) is 3.22. The molecule has 0 unspecified atom stereocenters. The fraction of sp³-hybridized carbons (Fsp3) is 0.263. The second-order valence-electron chi connectivity index (χ2n) is 5.66.